The van der Waals surface area contributed by atoms with Crippen molar-refractivity contribution in [1.29, 1.82) is 0 Å². The summed E-state index contributed by atoms with van der Waals surface area (Å²) < 4.78 is 22.8. The van der Waals surface area contributed by atoms with E-state index in [0.717, 1.165) is 25.7 Å². The maximum atomic E-state index is 12.0. The molecule has 0 saturated heterocycles. The zero-order valence-electron chi connectivity index (χ0n) is 22.3. The van der Waals surface area contributed by atoms with Crippen molar-refractivity contribution in [3.8, 4) is 0 Å². The van der Waals surface area contributed by atoms with Crippen LogP contribution in [0.1, 0.15) is 93.4 Å². The van der Waals surface area contributed by atoms with Crippen molar-refractivity contribution >= 4 is 14.9 Å². The van der Waals surface area contributed by atoms with Gasteiger partial charge in [-0.15, -0.1) is 0 Å². The summed E-state index contributed by atoms with van der Waals surface area (Å²) in [5, 5.41) is 2.82. The quantitative estimate of drug-likeness (QED) is 0.149. The number of ether oxygens (including phenoxy) is 1. The van der Waals surface area contributed by atoms with Gasteiger partial charge in [0, 0.05) is 32.4 Å². The van der Waals surface area contributed by atoms with E-state index in [2.05, 4.69) is 39.1 Å². The first-order chi connectivity index (χ1) is 15.7. The summed E-state index contributed by atoms with van der Waals surface area (Å²) in [6.07, 6.45) is 9.36. The van der Waals surface area contributed by atoms with Crippen molar-refractivity contribution in [2.45, 2.75) is 99.5 Å². The third-order valence-electron chi connectivity index (χ3n) is 6.32. The van der Waals surface area contributed by atoms with Crippen molar-refractivity contribution in [3.63, 3.8) is 0 Å². The lowest BCUT2D eigenvalue weighted by Crippen LogP contribution is -2.46. The van der Waals surface area contributed by atoms with Crippen LogP contribution in [0.4, 0.5) is 4.79 Å². The van der Waals surface area contributed by atoms with E-state index < -0.39 is 8.80 Å². The highest BCUT2D eigenvalue weighted by molar-refractivity contribution is 6.60. The topological polar surface area (TPSA) is 66.0 Å². The van der Waals surface area contributed by atoms with Gasteiger partial charge in [-0.1, -0.05) is 36.6 Å². The van der Waals surface area contributed by atoms with Gasteiger partial charge in [-0.05, 0) is 85.0 Å². The van der Waals surface area contributed by atoms with E-state index in [1.807, 2.05) is 20.8 Å². The van der Waals surface area contributed by atoms with Crippen molar-refractivity contribution in [1.82, 2.24) is 5.32 Å². The number of alkyl carbamates (subject to hydrolysis) is 1. The average molecular weight is 484 g/mol. The van der Waals surface area contributed by atoms with Crippen molar-refractivity contribution in [2.75, 3.05) is 33.0 Å². The van der Waals surface area contributed by atoms with E-state index in [9.17, 15) is 4.79 Å². The number of hydrogen-bond donors (Lipinski definition) is 1. The van der Waals surface area contributed by atoms with Gasteiger partial charge >= 0.3 is 14.9 Å². The first-order valence-electron chi connectivity index (χ1n) is 12.9. The Kier molecular flexibility index (Phi) is 14.2. The summed E-state index contributed by atoms with van der Waals surface area (Å²) in [4.78, 5) is 12.0. The Balaban J connectivity index is 2.29. The molecule has 0 spiro atoms. The summed E-state index contributed by atoms with van der Waals surface area (Å²) in [7, 11) is -2.65. The highest BCUT2D eigenvalue weighted by Crippen LogP contribution is 2.42. The molecule has 0 fully saturated rings. The van der Waals surface area contributed by atoms with E-state index >= 15 is 0 Å². The molecule has 0 radical (unpaired) electrons. The Hall–Kier alpha value is -1.15. The summed E-state index contributed by atoms with van der Waals surface area (Å²) >= 11 is 0. The molecule has 0 heterocycles. The molecule has 1 aliphatic carbocycles. The molecule has 0 aromatic rings. The van der Waals surface area contributed by atoms with E-state index in [-0.39, 0.29) is 6.09 Å². The molecule has 1 amide bonds. The van der Waals surface area contributed by atoms with E-state index in [1.54, 1.807) is 11.1 Å². The second kappa shape index (κ2) is 15.7. The van der Waals surface area contributed by atoms with Crippen molar-refractivity contribution in [3.05, 3.63) is 22.8 Å². The number of amides is 1. The van der Waals surface area contributed by atoms with Crippen LogP contribution in [-0.2, 0) is 18.0 Å². The molecule has 1 rings (SSSR count). The number of allylic oxidation sites excluding steroid dienone is 3. The highest BCUT2D eigenvalue weighted by Gasteiger charge is 2.39. The summed E-state index contributed by atoms with van der Waals surface area (Å²) in [5.41, 5.74) is 4.93. The van der Waals surface area contributed by atoms with Gasteiger partial charge in [0.25, 0.3) is 0 Å². The van der Waals surface area contributed by atoms with E-state index in [1.165, 1.54) is 24.8 Å². The van der Waals surface area contributed by atoms with Crippen molar-refractivity contribution in [2.24, 2.45) is 5.41 Å². The molecule has 33 heavy (non-hydrogen) atoms. The normalized spacial score (nSPS) is 16.8. The molecule has 1 N–H and O–H groups in total. The maximum absolute atomic E-state index is 12.0. The van der Waals surface area contributed by atoms with Crippen LogP contribution >= 0.6 is 0 Å². The second-order valence-electron chi connectivity index (χ2n) is 9.48. The zero-order chi connectivity index (χ0) is 24.7. The largest absolute Gasteiger partial charge is 0.500 e. The molecule has 0 atom stereocenters. The average Bonchev–Trinajstić information content (AvgIpc) is 2.74. The highest BCUT2D eigenvalue weighted by atomic mass is 28.4. The molecule has 0 bridgehead atoms. The number of carbonyl (C=O) groups is 1. The number of carbonyl (C=O) groups excluding carboxylic acids is 1. The van der Waals surface area contributed by atoms with Crippen LogP contribution in [0.25, 0.3) is 0 Å². The Morgan fingerprint density at radius 3 is 2.33 bits per heavy atom. The SMILES string of the molecule is CCO[Si](CCCNC(=O)OCC/C=C(\C)CCC1=C(C)CCCC1(C)C)(OCC)OCC. The Bertz CT molecular complexity index is 628. The lowest BCUT2D eigenvalue weighted by atomic mass is 9.71. The monoisotopic (exact) mass is 483 g/mol. The number of hydrogen-bond acceptors (Lipinski definition) is 5. The van der Waals surface area contributed by atoms with Crippen LogP contribution < -0.4 is 5.32 Å². The molecule has 0 aromatic carbocycles. The lowest BCUT2D eigenvalue weighted by Gasteiger charge is -2.35. The molecule has 0 aliphatic heterocycles. The van der Waals surface area contributed by atoms with Gasteiger partial charge < -0.3 is 23.3 Å². The summed E-state index contributed by atoms with van der Waals surface area (Å²) in [6, 6.07) is 0.678. The molecule has 7 heteroatoms. The van der Waals surface area contributed by atoms with Crippen LogP contribution in [0, 0.1) is 5.41 Å². The van der Waals surface area contributed by atoms with Crippen LogP contribution in [0.5, 0.6) is 0 Å². The minimum Gasteiger partial charge on any atom is -0.449 e. The van der Waals surface area contributed by atoms with Crippen LogP contribution in [0.2, 0.25) is 6.04 Å². The van der Waals surface area contributed by atoms with Gasteiger partial charge in [0.15, 0.2) is 0 Å². The van der Waals surface area contributed by atoms with Gasteiger partial charge in [-0.2, -0.15) is 0 Å². The van der Waals surface area contributed by atoms with Crippen molar-refractivity contribution < 1.29 is 22.8 Å². The molecule has 6 nitrogen and oxygen atoms in total. The molecule has 0 saturated carbocycles. The van der Waals surface area contributed by atoms with Gasteiger partial charge in [-0.3, -0.25) is 0 Å². The fourth-order valence-electron chi connectivity index (χ4n) is 4.66. The van der Waals surface area contributed by atoms with Gasteiger partial charge in [0.1, 0.15) is 0 Å². The lowest BCUT2D eigenvalue weighted by molar-refractivity contribution is 0.0706. The Morgan fingerprint density at radius 2 is 1.76 bits per heavy atom. The number of nitrogens with one attached hydrogen (secondary N) is 1. The minimum absolute atomic E-state index is 0.333. The van der Waals surface area contributed by atoms with Crippen LogP contribution in [0.15, 0.2) is 22.8 Å². The molecule has 1 aliphatic rings. The third-order valence-corrected chi connectivity index (χ3v) is 9.47. The molecule has 0 aromatic heterocycles. The summed E-state index contributed by atoms with van der Waals surface area (Å²) in [5.74, 6) is 0. The fraction of sp³-hybridized carbons (Fsp3) is 0.808. The van der Waals surface area contributed by atoms with Gasteiger partial charge in [0.05, 0.1) is 6.61 Å². The number of rotatable bonds is 16. The standard InChI is InChI=1S/C26H49NO5Si/c1-8-30-33(31-9-2,32-10-3)21-13-19-27-25(28)29-20-12-14-22(4)16-17-24-23(5)15-11-18-26(24,6)7/h14H,8-13,15-21H2,1-7H3,(H,27,28)/b22-14+. The van der Waals surface area contributed by atoms with Crippen LogP contribution in [0.3, 0.4) is 0 Å². The third kappa shape index (κ3) is 11.2. The molecular weight excluding hydrogens is 434 g/mol. The maximum Gasteiger partial charge on any atom is 0.500 e. The van der Waals surface area contributed by atoms with Gasteiger partial charge in [0.2, 0.25) is 0 Å². The Morgan fingerprint density at radius 1 is 1.12 bits per heavy atom. The predicted octanol–water partition coefficient (Wildman–Crippen LogP) is 6.79. The zero-order valence-corrected chi connectivity index (χ0v) is 23.3. The van der Waals surface area contributed by atoms with E-state index in [0.29, 0.717) is 44.4 Å². The first-order valence-corrected chi connectivity index (χ1v) is 14.8. The van der Waals surface area contributed by atoms with Crippen LogP contribution in [-0.4, -0.2) is 47.9 Å². The van der Waals surface area contributed by atoms with Gasteiger partial charge in [-0.25, -0.2) is 4.79 Å². The molecule has 192 valence electrons. The minimum atomic E-state index is -2.65. The predicted molar refractivity (Wildman–Crippen MR) is 137 cm³/mol. The smallest absolute Gasteiger partial charge is 0.449 e. The fourth-order valence-corrected chi connectivity index (χ4v) is 7.27. The second-order valence-corrected chi connectivity index (χ2v) is 12.2. The molecular formula is C26H49NO5Si. The van der Waals surface area contributed by atoms with E-state index in [4.69, 9.17) is 18.0 Å². The first kappa shape index (κ1) is 29.9. The Labute approximate surface area is 203 Å². The molecule has 0 unspecified atom stereocenters. The summed E-state index contributed by atoms with van der Waals surface area (Å²) in [6.45, 7) is 17.7.